The van der Waals surface area contributed by atoms with Gasteiger partial charge < -0.3 is 19.7 Å². The molecule has 0 saturated heterocycles. The van der Waals surface area contributed by atoms with Gasteiger partial charge >= 0.3 is 11.9 Å². The van der Waals surface area contributed by atoms with Crippen molar-refractivity contribution in [2.24, 2.45) is 0 Å². The molecule has 0 aliphatic heterocycles. The fourth-order valence-corrected chi connectivity index (χ4v) is 2.41. The monoisotopic (exact) mass is 364 g/mol. The van der Waals surface area contributed by atoms with Gasteiger partial charge in [-0.1, -0.05) is 12.1 Å². The number of benzene rings is 3. The third-order valence-electron chi connectivity index (χ3n) is 3.83. The molecule has 0 aliphatic rings. The van der Waals surface area contributed by atoms with Gasteiger partial charge in [-0.3, -0.25) is 0 Å². The van der Waals surface area contributed by atoms with Crippen LogP contribution in [0.15, 0.2) is 66.7 Å². The van der Waals surface area contributed by atoms with Crippen molar-refractivity contribution >= 4 is 11.9 Å². The molecule has 0 atom stereocenters. The molecule has 3 rings (SSSR count). The highest BCUT2D eigenvalue weighted by Crippen LogP contribution is 2.37. The lowest BCUT2D eigenvalue weighted by molar-refractivity contribution is 0.0686. The van der Waals surface area contributed by atoms with E-state index in [0.29, 0.717) is 23.0 Å². The van der Waals surface area contributed by atoms with E-state index in [2.05, 4.69) is 0 Å². The van der Waals surface area contributed by atoms with Crippen LogP contribution in [-0.4, -0.2) is 22.2 Å². The highest BCUT2D eigenvalue weighted by molar-refractivity contribution is 5.88. The van der Waals surface area contributed by atoms with Crippen LogP contribution in [0, 0.1) is 6.92 Å². The van der Waals surface area contributed by atoms with E-state index in [-0.39, 0.29) is 11.1 Å². The Kier molecular flexibility index (Phi) is 5.08. The Labute approximate surface area is 155 Å². The molecule has 0 unspecified atom stereocenters. The third kappa shape index (κ3) is 4.24. The number of hydrogen-bond acceptors (Lipinski definition) is 4. The highest BCUT2D eigenvalue weighted by atomic mass is 16.5. The first-order valence-electron chi connectivity index (χ1n) is 8.06. The Hall–Kier alpha value is -3.80. The van der Waals surface area contributed by atoms with Crippen molar-refractivity contribution in [1.29, 1.82) is 0 Å². The molecule has 0 fully saturated rings. The maximum atomic E-state index is 11.0. The smallest absolute Gasteiger partial charge is 0.335 e. The molecule has 0 bridgehead atoms. The van der Waals surface area contributed by atoms with Gasteiger partial charge in [-0.2, -0.15) is 0 Å². The normalized spacial score (nSPS) is 10.3. The van der Waals surface area contributed by atoms with Crippen LogP contribution in [0.3, 0.4) is 0 Å². The fraction of sp³-hybridized carbons (Fsp3) is 0.0476. The second-order valence-corrected chi connectivity index (χ2v) is 5.77. The van der Waals surface area contributed by atoms with Crippen LogP contribution in [0.2, 0.25) is 0 Å². The summed E-state index contributed by atoms with van der Waals surface area (Å²) in [5.74, 6) is -0.127. The second-order valence-electron chi connectivity index (χ2n) is 5.77. The van der Waals surface area contributed by atoms with Crippen molar-refractivity contribution < 1.29 is 29.3 Å². The van der Waals surface area contributed by atoms with Crippen molar-refractivity contribution in [2.75, 3.05) is 0 Å². The number of aryl methyl sites for hydroxylation is 1. The number of hydrogen-bond donors (Lipinski definition) is 2. The van der Waals surface area contributed by atoms with Crippen LogP contribution >= 0.6 is 0 Å². The number of ether oxygens (including phenoxy) is 2. The summed E-state index contributed by atoms with van der Waals surface area (Å²) in [6.45, 7) is 1.86. The van der Waals surface area contributed by atoms with E-state index in [1.165, 1.54) is 24.3 Å². The summed E-state index contributed by atoms with van der Waals surface area (Å²) >= 11 is 0. The Bertz CT molecular complexity index is 975. The predicted octanol–water partition coefficient (Wildman–Crippen LogP) is 4.98. The standard InChI is InChI=1S/C21H16O6/c1-13-3-2-4-18(26-16-9-5-14(6-10-16)20(22)23)19(13)27-17-11-7-15(8-12-17)21(24)25/h2-12H,1H3,(H,22,23)(H,24,25). The van der Waals surface area contributed by atoms with Crippen molar-refractivity contribution in [1.82, 2.24) is 0 Å². The first-order chi connectivity index (χ1) is 12.9. The summed E-state index contributed by atoms with van der Waals surface area (Å²) < 4.78 is 11.7. The zero-order valence-corrected chi connectivity index (χ0v) is 14.4. The minimum Gasteiger partial charge on any atom is -0.478 e. The van der Waals surface area contributed by atoms with E-state index < -0.39 is 11.9 Å². The Morgan fingerprint density at radius 3 is 1.67 bits per heavy atom. The lowest BCUT2D eigenvalue weighted by Crippen LogP contribution is -1.97. The van der Waals surface area contributed by atoms with Gasteiger partial charge in [0.2, 0.25) is 0 Å². The molecule has 6 heteroatoms. The van der Waals surface area contributed by atoms with Gasteiger partial charge in [0.1, 0.15) is 11.5 Å². The minimum atomic E-state index is -1.01. The Morgan fingerprint density at radius 2 is 1.19 bits per heavy atom. The van der Waals surface area contributed by atoms with Crippen molar-refractivity contribution in [3.8, 4) is 23.0 Å². The summed E-state index contributed by atoms with van der Waals surface area (Å²) in [7, 11) is 0. The van der Waals surface area contributed by atoms with Gasteiger partial charge in [0.15, 0.2) is 11.5 Å². The molecule has 136 valence electrons. The maximum Gasteiger partial charge on any atom is 0.335 e. The molecule has 2 N–H and O–H groups in total. The molecule has 0 amide bonds. The molecule has 0 aromatic heterocycles. The molecule has 27 heavy (non-hydrogen) atoms. The van der Waals surface area contributed by atoms with Crippen molar-refractivity contribution in [2.45, 2.75) is 6.92 Å². The Morgan fingerprint density at radius 1 is 0.704 bits per heavy atom. The number of rotatable bonds is 6. The number of aromatic carboxylic acids is 2. The van der Waals surface area contributed by atoms with Gasteiger partial charge in [0.25, 0.3) is 0 Å². The van der Waals surface area contributed by atoms with E-state index in [0.717, 1.165) is 5.56 Å². The van der Waals surface area contributed by atoms with E-state index >= 15 is 0 Å². The van der Waals surface area contributed by atoms with E-state index in [1.807, 2.05) is 19.1 Å². The topological polar surface area (TPSA) is 93.1 Å². The van der Waals surface area contributed by atoms with Gasteiger partial charge in [0.05, 0.1) is 11.1 Å². The highest BCUT2D eigenvalue weighted by Gasteiger charge is 2.12. The third-order valence-corrected chi connectivity index (χ3v) is 3.83. The molecular weight excluding hydrogens is 348 g/mol. The van der Waals surface area contributed by atoms with Crippen LogP contribution < -0.4 is 9.47 Å². The first kappa shape index (κ1) is 18.0. The Balaban J connectivity index is 1.85. The summed E-state index contributed by atoms with van der Waals surface area (Å²) in [5.41, 5.74) is 1.17. The van der Waals surface area contributed by atoms with Crippen LogP contribution in [0.4, 0.5) is 0 Å². The van der Waals surface area contributed by atoms with Gasteiger partial charge in [0, 0.05) is 0 Å². The fourth-order valence-electron chi connectivity index (χ4n) is 2.41. The molecule has 0 aliphatic carbocycles. The summed E-state index contributed by atoms with van der Waals surface area (Å²) in [5, 5.41) is 17.9. The summed E-state index contributed by atoms with van der Waals surface area (Å²) in [6.07, 6.45) is 0. The quantitative estimate of drug-likeness (QED) is 0.641. The molecule has 0 heterocycles. The lowest BCUT2D eigenvalue weighted by atomic mass is 10.2. The average molecular weight is 364 g/mol. The molecule has 3 aromatic carbocycles. The van der Waals surface area contributed by atoms with Crippen LogP contribution in [0.25, 0.3) is 0 Å². The molecule has 0 saturated carbocycles. The van der Waals surface area contributed by atoms with E-state index in [9.17, 15) is 9.59 Å². The predicted molar refractivity (Wildman–Crippen MR) is 98.1 cm³/mol. The van der Waals surface area contributed by atoms with Gasteiger partial charge in [-0.15, -0.1) is 0 Å². The number of carbonyl (C=O) groups is 2. The number of para-hydroxylation sites is 1. The minimum absolute atomic E-state index is 0.168. The maximum absolute atomic E-state index is 11.0. The lowest BCUT2D eigenvalue weighted by Gasteiger charge is -2.14. The van der Waals surface area contributed by atoms with E-state index in [1.54, 1.807) is 30.3 Å². The van der Waals surface area contributed by atoms with Crippen molar-refractivity contribution in [3.63, 3.8) is 0 Å². The molecular formula is C21H16O6. The molecule has 0 radical (unpaired) electrons. The van der Waals surface area contributed by atoms with E-state index in [4.69, 9.17) is 19.7 Å². The van der Waals surface area contributed by atoms with Gasteiger partial charge in [-0.05, 0) is 67.1 Å². The van der Waals surface area contributed by atoms with Crippen LogP contribution in [0.1, 0.15) is 26.3 Å². The second kappa shape index (κ2) is 7.61. The molecule has 6 nitrogen and oxygen atoms in total. The SMILES string of the molecule is Cc1cccc(Oc2ccc(C(=O)O)cc2)c1Oc1ccc(C(=O)O)cc1. The zero-order chi connectivity index (χ0) is 19.4. The van der Waals surface area contributed by atoms with Crippen molar-refractivity contribution in [3.05, 3.63) is 83.4 Å². The average Bonchev–Trinajstić information content (AvgIpc) is 2.65. The first-order valence-corrected chi connectivity index (χ1v) is 8.06. The number of carboxylic acids is 2. The number of carboxylic acid groups (broad SMARTS) is 2. The largest absolute Gasteiger partial charge is 0.478 e. The molecule has 3 aromatic rings. The van der Waals surface area contributed by atoms with Crippen LogP contribution in [-0.2, 0) is 0 Å². The zero-order valence-electron chi connectivity index (χ0n) is 14.4. The summed E-state index contributed by atoms with van der Waals surface area (Å²) in [4.78, 5) is 21.9. The molecule has 0 spiro atoms. The summed E-state index contributed by atoms with van der Waals surface area (Å²) in [6, 6.07) is 17.5. The van der Waals surface area contributed by atoms with Crippen LogP contribution in [0.5, 0.6) is 23.0 Å². The van der Waals surface area contributed by atoms with Gasteiger partial charge in [-0.25, -0.2) is 9.59 Å².